The Morgan fingerprint density at radius 2 is 1.97 bits per heavy atom. The highest BCUT2D eigenvalue weighted by Gasteiger charge is 2.30. The van der Waals surface area contributed by atoms with Crippen LogP contribution in [0, 0.1) is 10.1 Å². The lowest BCUT2D eigenvalue weighted by Gasteiger charge is -2.09. The van der Waals surface area contributed by atoms with Gasteiger partial charge in [0.25, 0.3) is 11.6 Å². The number of rotatable bonds is 8. The Labute approximate surface area is 216 Å². The minimum atomic E-state index is -4.54. The van der Waals surface area contributed by atoms with Crippen LogP contribution in [0.25, 0.3) is 5.82 Å². The predicted octanol–water partition coefficient (Wildman–Crippen LogP) is 4.59. The molecule has 0 radical (unpaired) electrons. The number of nitrogens with zero attached hydrogens (tertiary/aromatic N) is 6. The standard InChI is InChI=1S/C23H15ClF3N7O4/c24-19-5-2-6-21(30-19)33-13-28-20(32-33)12-38-18-8-7-16(34(36)37)10-17(18)22(35)31-29-11-14-3-1-4-15(9-14)23(25,26)27/h1-11,13H,12H2,(H,31,35)/b29-11+. The van der Waals surface area contributed by atoms with Crippen molar-refractivity contribution in [2.75, 3.05) is 0 Å². The fraction of sp³-hybridized carbons (Fsp3) is 0.0870. The van der Waals surface area contributed by atoms with Crippen LogP contribution in [0.3, 0.4) is 0 Å². The van der Waals surface area contributed by atoms with Gasteiger partial charge in [0, 0.05) is 12.1 Å². The van der Waals surface area contributed by atoms with E-state index in [0.717, 1.165) is 30.5 Å². The number of non-ortho nitro benzene ring substituents is 1. The van der Waals surface area contributed by atoms with Crippen molar-refractivity contribution >= 4 is 29.4 Å². The Morgan fingerprint density at radius 3 is 2.71 bits per heavy atom. The normalized spacial score (nSPS) is 11.5. The van der Waals surface area contributed by atoms with E-state index in [-0.39, 0.29) is 34.5 Å². The van der Waals surface area contributed by atoms with E-state index < -0.39 is 28.3 Å². The average molecular weight is 546 g/mol. The van der Waals surface area contributed by atoms with Gasteiger partial charge in [-0.25, -0.2) is 20.1 Å². The highest BCUT2D eigenvalue weighted by molar-refractivity contribution is 6.29. The van der Waals surface area contributed by atoms with Crippen molar-refractivity contribution in [3.63, 3.8) is 0 Å². The minimum absolute atomic E-state index is 0.0420. The number of amides is 1. The van der Waals surface area contributed by atoms with Crippen LogP contribution in [0.2, 0.25) is 5.15 Å². The maximum atomic E-state index is 12.9. The van der Waals surface area contributed by atoms with E-state index >= 15 is 0 Å². The molecule has 0 saturated heterocycles. The van der Waals surface area contributed by atoms with Gasteiger partial charge in [-0.15, -0.1) is 5.10 Å². The van der Waals surface area contributed by atoms with E-state index in [2.05, 4.69) is 25.6 Å². The molecule has 0 saturated carbocycles. The lowest BCUT2D eigenvalue weighted by atomic mass is 10.1. The molecule has 0 fully saturated rings. The Bertz CT molecular complexity index is 1520. The van der Waals surface area contributed by atoms with Gasteiger partial charge in [0.2, 0.25) is 0 Å². The third kappa shape index (κ3) is 6.47. The molecule has 38 heavy (non-hydrogen) atoms. The highest BCUT2D eigenvalue weighted by Crippen LogP contribution is 2.29. The topological polar surface area (TPSA) is 137 Å². The first-order chi connectivity index (χ1) is 18.1. The van der Waals surface area contributed by atoms with E-state index in [0.29, 0.717) is 5.82 Å². The van der Waals surface area contributed by atoms with Crippen LogP contribution in [0.5, 0.6) is 5.75 Å². The summed E-state index contributed by atoms with van der Waals surface area (Å²) in [7, 11) is 0. The van der Waals surface area contributed by atoms with Crippen molar-refractivity contribution in [3.8, 4) is 11.6 Å². The Morgan fingerprint density at radius 1 is 1.18 bits per heavy atom. The third-order valence-corrected chi connectivity index (χ3v) is 5.05. The van der Waals surface area contributed by atoms with E-state index in [1.165, 1.54) is 29.2 Å². The van der Waals surface area contributed by atoms with Gasteiger partial charge in [0.1, 0.15) is 23.8 Å². The number of alkyl halides is 3. The van der Waals surface area contributed by atoms with Crippen LogP contribution >= 0.6 is 11.6 Å². The van der Waals surface area contributed by atoms with Gasteiger partial charge in [-0.3, -0.25) is 14.9 Å². The smallest absolute Gasteiger partial charge is 0.416 e. The van der Waals surface area contributed by atoms with Gasteiger partial charge in [-0.2, -0.15) is 18.3 Å². The van der Waals surface area contributed by atoms with Gasteiger partial charge >= 0.3 is 6.18 Å². The molecule has 15 heteroatoms. The molecule has 1 N–H and O–H groups in total. The molecule has 194 valence electrons. The molecular weight excluding hydrogens is 531 g/mol. The molecule has 0 spiro atoms. The van der Waals surface area contributed by atoms with Crippen LogP contribution in [-0.2, 0) is 12.8 Å². The minimum Gasteiger partial charge on any atom is -0.485 e. The molecule has 4 rings (SSSR count). The van der Waals surface area contributed by atoms with E-state index in [1.54, 1.807) is 18.2 Å². The summed E-state index contributed by atoms with van der Waals surface area (Å²) in [6.45, 7) is -0.209. The van der Waals surface area contributed by atoms with Crippen molar-refractivity contribution in [2.45, 2.75) is 12.8 Å². The second-order valence-electron chi connectivity index (χ2n) is 7.47. The zero-order valence-corrected chi connectivity index (χ0v) is 19.7. The summed E-state index contributed by atoms with van der Waals surface area (Å²) >= 11 is 5.88. The summed E-state index contributed by atoms with van der Waals surface area (Å²) in [5.41, 5.74) is 0.693. The van der Waals surface area contributed by atoms with Crippen molar-refractivity contribution in [2.24, 2.45) is 5.10 Å². The van der Waals surface area contributed by atoms with E-state index in [1.807, 2.05) is 0 Å². The molecule has 2 aromatic heterocycles. The number of pyridine rings is 1. The molecule has 11 nitrogen and oxygen atoms in total. The van der Waals surface area contributed by atoms with Crippen LogP contribution in [0.4, 0.5) is 18.9 Å². The SMILES string of the molecule is O=C(N/N=C/c1cccc(C(F)(F)F)c1)c1cc([N+](=O)[O-])ccc1OCc1ncn(-c2cccc(Cl)n2)n1. The summed E-state index contributed by atoms with van der Waals surface area (Å²) < 4.78 is 45.6. The molecule has 1 amide bonds. The van der Waals surface area contributed by atoms with Gasteiger partial charge in [-0.05, 0) is 35.9 Å². The quantitative estimate of drug-likeness (QED) is 0.148. The molecule has 0 unspecified atom stereocenters. The maximum Gasteiger partial charge on any atom is 0.416 e. The van der Waals surface area contributed by atoms with E-state index in [9.17, 15) is 28.1 Å². The first-order valence-electron chi connectivity index (χ1n) is 10.6. The Balaban J connectivity index is 1.49. The number of nitro groups is 1. The van der Waals surface area contributed by atoms with Crippen LogP contribution in [-0.4, -0.2) is 36.8 Å². The molecule has 2 aromatic carbocycles. The second kappa shape index (κ2) is 11.0. The number of hydrazone groups is 1. The molecule has 0 atom stereocenters. The van der Waals surface area contributed by atoms with Crippen LogP contribution < -0.4 is 10.2 Å². The number of nitro benzene ring substituents is 1. The van der Waals surface area contributed by atoms with Crippen molar-refractivity contribution < 1.29 is 27.6 Å². The highest BCUT2D eigenvalue weighted by atomic mass is 35.5. The Kier molecular flexibility index (Phi) is 7.62. The number of benzene rings is 2. The first-order valence-corrected chi connectivity index (χ1v) is 10.9. The molecule has 2 heterocycles. The first kappa shape index (κ1) is 26.2. The van der Waals surface area contributed by atoms with Gasteiger partial charge < -0.3 is 4.74 Å². The summed E-state index contributed by atoms with van der Waals surface area (Å²) in [6, 6.07) is 12.6. The van der Waals surface area contributed by atoms with E-state index in [4.69, 9.17) is 16.3 Å². The van der Waals surface area contributed by atoms with Gasteiger partial charge in [-0.1, -0.05) is 29.8 Å². The number of carbonyl (C=O) groups excluding carboxylic acids is 1. The largest absolute Gasteiger partial charge is 0.485 e. The molecule has 0 aliphatic rings. The van der Waals surface area contributed by atoms with Crippen molar-refractivity contribution in [1.82, 2.24) is 25.2 Å². The number of halogens is 4. The fourth-order valence-electron chi connectivity index (χ4n) is 3.10. The number of carbonyl (C=O) groups is 1. The zero-order chi connectivity index (χ0) is 27.3. The van der Waals surface area contributed by atoms with Crippen LogP contribution in [0.15, 0.2) is 72.1 Å². The molecule has 0 bridgehead atoms. The summed E-state index contributed by atoms with van der Waals surface area (Å²) in [4.78, 5) is 31.4. The van der Waals surface area contributed by atoms with Crippen LogP contribution in [0.1, 0.15) is 27.3 Å². The monoisotopic (exact) mass is 545 g/mol. The fourth-order valence-corrected chi connectivity index (χ4v) is 3.26. The predicted molar refractivity (Wildman–Crippen MR) is 128 cm³/mol. The summed E-state index contributed by atoms with van der Waals surface area (Å²) in [5.74, 6) is -0.322. The number of nitrogens with one attached hydrogen (secondary N) is 1. The average Bonchev–Trinajstić information content (AvgIpc) is 3.36. The van der Waals surface area contributed by atoms with Crippen molar-refractivity contribution in [3.05, 3.63) is 105 Å². The third-order valence-electron chi connectivity index (χ3n) is 4.84. The second-order valence-corrected chi connectivity index (χ2v) is 7.86. The molecule has 0 aliphatic heterocycles. The Hall–Kier alpha value is -4.85. The number of hydrogen-bond acceptors (Lipinski definition) is 8. The van der Waals surface area contributed by atoms with Crippen molar-refractivity contribution in [1.29, 1.82) is 0 Å². The number of hydrogen-bond donors (Lipinski definition) is 1. The maximum absolute atomic E-state index is 12.9. The zero-order valence-electron chi connectivity index (χ0n) is 19.0. The van der Waals surface area contributed by atoms with Gasteiger partial charge in [0.15, 0.2) is 11.6 Å². The molecule has 0 aliphatic carbocycles. The molecular formula is C23H15ClF3N7O4. The lowest BCUT2D eigenvalue weighted by Crippen LogP contribution is -2.19. The van der Waals surface area contributed by atoms with Gasteiger partial charge in [0.05, 0.1) is 22.3 Å². The number of ether oxygens (including phenoxy) is 1. The molecule has 4 aromatic rings. The number of aromatic nitrogens is 4. The summed E-state index contributed by atoms with van der Waals surface area (Å²) in [6.07, 6.45) is -2.16. The summed E-state index contributed by atoms with van der Waals surface area (Å²) in [5, 5.41) is 19.3. The lowest BCUT2D eigenvalue weighted by molar-refractivity contribution is -0.384.